The third kappa shape index (κ3) is 2.18. The molecule has 0 spiro atoms. The van der Waals surface area contributed by atoms with Crippen LogP contribution in [0, 0.1) is 5.92 Å². The molecular weight excluding hydrogens is 368 g/mol. The fourth-order valence-corrected chi connectivity index (χ4v) is 3.75. The van der Waals surface area contributed by atoms with Crippen LogP contribution in [-0.4, -0.2) is 43.9 Å². The molecule has 0 bridgehead atoms. The Balaban J connectivity index is 2.05. The highest BCUT2D eigenvalue weighted by Gasteiger charge is 2.41. The Morgan fingerprint density at radius 1 is 0.893 bits per heavy atom. The van der Waals surface area contributed by atoms with Gasteiger partial charge in [0.2, 0.25) is 0 Å². The third-order valence-electron chi connectivity index (χ3n) is 5.09. The second-order valence-electron chi connectivity index (χ2n) is 6.54. The topological polar surface area (TPSA) is 149 Å². The van der Waals surface area contributed by atoms with E-state index in [1.165, 1.54) is 12.1 Å². The highest BCUT2D eigenvalue weighted by Crippen LogP contribution is 2.46. The Hall–Kier alpha value is -3.94. The molecule has 28 heavy (non-hydrogen) atoms. The van der Waals surface area contributed by atoms with E-state index >= 15 is 0 Å². The number of phenolic OH excluding ortho intramolecular Hbond substituents is 2. The zero-order valence-corrected chi connectivity index (χ0v) is 14.1. The molecule has 4 rings (SSSR count). The number of rotatable bonds is 2. The summed E-state index contributed by atoms with van der Waals surface area (Å²) < 4.78 is 0. The minimum atomic E-state index is -1.50. The van der Waals surface area contributed by atoms with Crippen LogP contribution in [0.4, 0.5) is 0 Å². The predicted octanol–water partition coefficient (Wildman–Crippen LogP) is 1.60. The molecule has 2 aliphatic rings. The van der Waals surface area contributed by atoms with Gasteiger partial charge in [-0.25, -0.2) is 4.79 Å². The van der Waals surface area contributed by atoms with Crippen molar-refractivity contribution in [3.8, 4) is 11.5 Å². The summed E-state index contributed by atoms with van der Waals surface area (Å²) >= 11 is 0. The minimum absolute atomic E-state index is 0.0521. The second-order valence-corrected chi connectivity index (χ2v) is 6.54. The first kappa shape index (κ1) is 17.5. The van der Waals surface area contributed by atoms with Crippen molar-refractivity contribution >= 4 is 29.6 Å². The van der Waals surface area contributed by atoms with Crippen LogP contribution in [0.5, 0.6) is 11.5 Å². The first-order chi connectivity index (χ1) is 13.2. The number of phenols is 2. The van der Waals surface area contributed by atoms with Gasteiger partial charge in [-0.05, 0) is 12.5 Å². The van der Waals surface area contributed by atoms with Crippen molar-refractivity contribution < 1.29 is 39.6 Å². The van der Waals surface area contributed by atoms with Crippen LogP contribution in [0.3, 0.4) is 0 Å². The zero-order chi connectivity index (χ0) is 20.3. The molecule has 0 heterocycles. The van der Waals surface area contributed by atoms with Crippen molar-refractivity contribution in [3.63, 3.8) is 0 Å². The number of carbonyl (C=O) groups is 4. The van der Waals surface area contributed by atoms with Gasteiger partial charge in [-0.2, -0.15) is 0 Å². The number of carboxylic acid groups (broad SMARTS) is 2. The van der Waals surface area contributed by atoms with E-state index in [-0.39, 0.29) is 22.3 Å². The molecule has 1 atom stereocenters. The van der Waals surface area contributed by atoms with Crippen LogP contribution in [0.15, 0.2) is 29.8 Å². The summed E-state index contributed by atoms with van der Waals surface area (Å²) in [5.41, 5.74) is -1.48. The maximum Gasteiger partial charge on any atom is 0.332 e. The molecule has 0 aromatic heterocycles. The number of fused-ring (bicyclic) bond motifs is 3. The lowest BCUT2D eigenvalue weighted by atomic mass is 9.76. The second kappa shape index (κ2) is 5.78. The Kier molecular flexibility index (Phi) is 3.61. The van der Waals surface area contributed by atoms with E-state index in [2.05, 4.69) is 0 Å². The summed E-state index contributed by atoms with van der Waals surface area (Å²) in [7, 11) is 0. The SMILES string of the molecule is O=C(O)C1=Cc2c(O)c3c(c(O)c2CC1C(=O)O)C(=O)c1ccccc1C3=O. The van der Waals surface area contributed by atoms with Crippen molar-refractivity contribution in [1.29, 1.82) is 0 Å². The third-order valence-corrected chi connectivity index (χ3v) is 5.09. The van der Waals surface area contributed by atoms with Crippen LogP contribution >= 0.6 is 0 Å². The summed E-state index contributed by atoms with van der Waals surface area (Å²) in [6, 6.07) is 5.92. The number of carboxylic acids is 2. The number of aromatic hydroxyl groups is 2. The van der Waals surface area contributed by atoms with Crippen LogP contribution in [0.1, 0.15) is 43.0 Å². The van der Waals surface area contributed by atoms with E-state index in [9.17, 15) is 39.6 Å². The summed E-state index contributed by atoms with van der Waals surface area (Å²) in [5.74, 6) is -7.05. The summed E-state index contributed by atoms with van der Waals surface area (Å²) in [5, 5.41) is 40.0. The number of benzene rings is 2. The van der Waals surface area contributed by atoms with E-state index in [1.54, 1.807) is 12.1 Å². The Morgan fingerprint density at radius 2 is 1.43 bits per heavy atom. The molecule has 0 fully saturated rings. The molecule has 2 aliphatic carbocycles. The molecule has 0 aliphatic heterocycles. The lowest BCUT2D eigenvalue weighted by Crippen LogP contribution is -2.28. The van der Waals surface area contributed by atoms with Crippen LogP contribution in [-0.2, 0) is 16.0 Å². The number of carbonyl (C=O) groups excluding carboxylic acids is 2. The summed E-state index contributed by atoms with van der Waals surface area (Å²) in [4.78, 5) is 48.6. The van der Waals surface area contributed by atoms with Gasteiger partial charge in [-0.15, -0.1) is 0 Å². The monoisotopic (exact) mass is 380 g/mol. The quantitative estimate of drug-likeness (QED) is 0.490. The van der Waals surface area contributed by atoms with Crippen molar-refractivity contribution in [2.24, 2.45) is 5.92 Å². The average Bonchev–Trinajstić information content (AvgIpc) is 2.67. The molecule has 1 unspecified atom stereocenters. The lowest BCUT2D eigenvalue weighted by Gasteiger charge is -2.27. The van der Waals surface area contributed by atoms with Crippen molar-refractivity contribution in [2.75, 3.05) is 0 Å². The first-order valence-corrected chi connectivity index (χ1v) is 8.20. The molecule has 2 aromatic rings. The van der Waals surface area contributed by atoms with Crippen molar-refractivity contribution in [2.45, 2.75) is 6.42 Å². The number of hydrogen-bond acceptors (Lipinski definition) is 6. The number of ketones is 2. The first-order valence-electron chi connectivity index (χ1n) is 8.20. The van der Waals surface area contributed by atoms with Gasteiger partial charge in [-0.3, -0.25) is 14.4 Å². The van der Waals surface area contributed by atoms with Crippen LogP contribution in [0.2, 0.25) is 0 Å². The molecule has 2 aromatic carbocycles. The largest absolute Gasteiger partial charge is 0.507 e. The van der Waals surface area contributed by atoms with E-state index in [0.717, 1.165) is 6.08 Å². The molecule has 4 N–H and O–H groups in total. The average molecular weight is 380 g/mol. The molecular formula is C20H12O8. The Morgan fingerprint density at radius 3 is 1.93 bits per heavy atom. The van der Waals surface area contributed by atoms with E-state index in [0.29, 0.717) is 0 Å². The molecule has 0 saturated heterocycles. The van der Waals surface area contributed by atoms with Crippen LogP contribution in [0.25, 0.3) is 6.08 Å². The van der Waals surface area contributed by atoms with Gasteiger partial charge >= 0.3 is 11.9 Å². The summed E-state index contributed by atoms with van der Waals surface area (Å²) in [6.45, 7) is 0. The molecule has 140 valence electrons. The highest BCUT2D eigenvalue weighted by atomic mass is 16.4. The Bertz CT molecular complexity index is 1160. The van der Waals surface area contributed by atoms with Gasteiger partial charge in [-0.1, -0.05) is 24.3 Å². The van der Waals surface area contributed by atoms with Gasteiger partial charge in [0.15, 0.2) is 11.6 Å². The van der Waals surface area contributed by atoms with Gasteiger partial charge < -0.3 is 20.4 Å². The summed E-state index contributed by atoms with van der Waals surface area (Å²) in [6.07, 6.45) is 0.478. The van der Waals surface area contributed by atoms with Gasteiger partial charge in [0.1, 0.15) is 11.5 Å². The van der Waals surface area contributed by atoms with E-state index in [1.807, 2.05) is 0 Å². The molecule has 0 saturated carbocycles. The number of hydrogen-bond donors (Lipinski definition) is 4. The Labute approximate surface area is 157 Å². The van der Waals surface area contributed by atoms with Gasteiger partial charge in [0.25, 0.3) is 0 Å². The predicted molar refractivity (Wildman–Crippen MR) is 93.5 cm³/mol. The number of aliphatic carboxylic acids is 2. The van der Waals surface area contributed by atoms with Crippen LogP contribution < -0.4 is 0 Å². The maximum atomic E-state index is 12.9. The zero-order valence-electron chi connectivity index (χ0n) is 14.1. The standard InChI is InChI=1S/C20H12O8/c21-15-7-3-1-2-4-8(7)16(22)14-13(15)17(23)9-5-11(19(25)26)12(20(27)28)6-10(9)18(14)24/h1-5,12,23-24H,6H2,(H,25,26)(H,27,28). The molecule has 8 nitrogen and oxygen atoms in total. The molecule has 0 radical (unpaired) electrons. The smallest absolute Gasteiger partial charge is 0.332 e. The fraction of sp³-hybridized carbons (Fsp3) is 0.100. The maximum absolute atomic E-state index is 12.9. The van der Waals surface area contributed by atoms with E-state index in [4.69, 9.17) is 0 Å². The van der Waals surface area contributed by atoms with E-state index < -0.39 is 64.0 Å². The van der Waals surface area contributed by atoms with Crippen molar-refractivity contribution in [3.05, 3.63) is 63.2 Å². The molecule has 0 amide bonds. The highest BCUT2D eigenvalue weighted by molar-refractivity contribution is 6.30. The normalized spacial score (nSPS) is 17.3. The minimum Gasteiger partial charge on any atom is -0.507 e. The van der Waals surface area contributed by atoms with Gasteiger partial charge in [0.05, 0.1) is 22.6 Å². The lowest BCUT2D eigenvalue weighted by molar-refractivity contribution is -0.143. The fourth-order valence-electron chi connectivity index (χ4n) is 3.75. The van der Waals surface area contributed by atoms with Crippen molar-refractivity contribution in [1.82, 2.24) is 0 Å². The molecule has 8 heteroatoms. The van der Waals surface area contributed by atoms with Gasteiger partial charge in [0, 0.05) is 22.3 Å².